The van der Waals surface area contributed by atoms with Crippen LogP contribution in [0, 0.1) is 0 Å². The van der Waals surface area contributed by atoms with Gasteiger partial charge in [-0.15, -0.1) is 0 Å². The Balaban J connectivity index is 1.45. The fraction of sp³-hybridized carbons (Fsp3) is 0.423. The molecular weight excluding hydrogens is 414 g/mol. The first-order chi connectivity index (χ1) is 16.0. The Morgan fingerprint density at radius 3 is 2.30 bits per heavy atom. The number of benzene rings is 2. The molecular formula is C26H33N5O2. The Labute approximate surface area is 195 Å². The normalized spacial score (nSPS) is 16.1. The molecule has 1 N–H and O–H groups in total. The maximum atomic E-state index is 12.9. The van der Waals surface area contributed by atoms with E-state index in [1.807, 2.05) is 63.2 Å². The van der Waals surface area contributed by atoms with Gasteiger partial charge in [0.05, 0.1) is 11.7 Å². The Morgan fingerprint density at radius 2 is 1.73 bits per heavy atom. The number of hydrogen-bond donors (Lipinski definition) is 1. The summed E-state index contributed by atoms with van der Waals surface area (Å²) in [4.78, 5) is 27.7. The number of carbonyl (C=O) groups excluding carboxylic acids is 1. The van der Waals surface area contributed by atoms with E-state index < -0.39 is 0 Å². The van der Waals surface area contributed by atoms with Crippen LogP contribution in [0.1, 0.15) is 62.7 Å². The predicted octanol–water partition coefficient (Wildman–Crippen LogP) is 3.67. The minimum atomic E-state index is -0.251. The second-order valence-corrected chi connectivity index (χ2v) is 8.93. The predicted molar refractivity (Wildman–Crippen MR) is 130 cm³/mol. The third-order valence-electron chi connectivity index (χ3n) is 6.43. The topological polar surface area (TPSA) is 72.2 Å². The van der Waals surface area contributed by atoms with Crippen LogP contribution in [0.4, 0.5) is 0 Å². The van der Waals surface area contributed by atoms with Crippen molar-refractivity contribution in [1.29, 1.82) is 0 Å². The molecule has 0 bridgehead atoms. The number of piperidine rings is 1. The van der Waals surface area contributed by atoms with E-state index in [2.05, 4.69) is 27.4 Å². The minimum Gasteiger partial charge on any atom is -0.355 e. The summed E-state index contributed by atoms with van der Waals surface area (Å²) < 4.78 is 3.07. The van der Waals surface area contributed by atoms with Gasteiger partial charge >= 0.3 is 5.69 Å². The second kappa shape index (κ2) is 10.2. The number of hydrogen-bond acceptors (Lipinski definition) is 4. The number of carbonyl (C=O) groups is 1. The fourth-order valence-corrected chi connectivity index (χ4v) is 4.68. The van der Waals surface area contributed by atoms with Crippen molar-refractivity contribution in [2.75, 3.05) is 19.6 Å². The van der Waals surface area contributed by atoms with E-state index in [9.17, 15) is 9.59 Å². The molecule has 3 aromatic rings. The lowest BCUT2D eigenvalue weighted by Crippen LogP contribution is -2.44. The number of likely N-dealkylation sites (N-methyl/N-ethyl adjacent to an activating group) is 1. The van der Waals surface area contributed by atoms with Crippen LogP contribution in [0.3, 0.4) is 0 Å². The lowest BCUT2D eigenvalue weighted by atomic mass is 9.88. The van der Waals surface area contributed by atoms with Crippen molar-refractivity contribution < 1.29 is 4.79 Å². The molecule has 1 aromatic heterocycles. The molecule has 1 unspecified atom stereocenters. The van der Waals surface area contributed by atoms with Gasteiger partial charge in [0.2, 0.25) is 5.91 Å². The lowest BCUT2D eigenvalue weighted by molar-refractivity contribution is -0.127. The van der Waals surface area contributed by atoms with E-state index >= 15 is 0 Å². The van der Waals surface area contributed by atoms with E-state index in [1.54, 1.807) is 10.9 Å². The highest BCUT2D eigenvalue weighted by Gasteiger charge is 2.31. The van der Waals surface area contributed by atoms with Gasteiger partial charge in [0.25, 0.3) is 0 Å². The molecule has 7 heteroatoms. The summed E-state index contributed by atoms with van der Waals surface area (Å²) in [6, 6.07) is 18.0. The van der Waals surface area contributed by atoms with E-state index in [-0.39, 0.29) is 23.7 Å². The summed E-state index contributed by atoms with van der Waals surface area (Å²) in [6.45, 7) is 8.21. The number of aromatic nitrogens is 3. The van der Waals surface area contributed by atoms with Gasteiger partial charge < -0.3 is 5.32 Å². The first-order valence-electron chi connectivity index (χ1n) is 11.8. The zero-order chi connectivity index (χ0) is 23.4. The number of amides is 1. The monoisotopic (exact) mass is 447 g/mol. The van der Waals surface area contributed by atoms with E-state index in [4.69, 9.17) is 0 Å². The van der Waals surface area contributed by atoms with Crippen molar-refractivity contribution >= 4 is 5.91 Å². The summed E-state index contributed by atoms with van der Waals surface area (Å²) in [6.07, 6.45) is 3.57. The summed E-state index contributed by atoms with van der Waals surface area (Å²) in [5.41, 5.74) is 3.02. The third kappa shape index (κ3) is 4.93. The van der Waals surface area contributed by atoms with Crippen LogP contribution in [-0.2, 0) is 4.79 Å². The zero-order valence-electron chi connectivity index (χ0n) is 19.6. The third-order valence-corrected chi connectivity index (χ3v) is 6.43. The Bertz CT molecular complexity index is 1110. The maximum Gasteiger partial charge on any atom is 0.350 e. The first-order valence-corrected chi connectivity index (χ1v) is 11.8. The average Bonchev–Trinajstić information content (AvgIpc) is 3.22. The molecule has 2 aromatic carbocycles. The molecule has 0 aliphatic carbocycles. The van der Waals surface area contributed by atoms with Gasteiger partial charge in [0.1, 0.15) is 12.4 Å². The molecule has 33 heavy (non-hydrogen) atoms. The Hall–Kier alpha value is -3.19. The van der Waals surface area contributed by atoms with Gasteiger partial charge in [0, 0.05) is 6.54 Å². The maximum absolute atomic E-state index is 12.9. The van der Waals surface area contributed by atoms with Crippen molar-refractivity contribution in [1.82, 2.24) is 24.6 Å². The number of likely N-dealkylation sites (tertiary alicyclic amines) is 1. The van der Waals surface area contributed by atoms with Crippen LogP contribution in [0.5, 0.6) is 0 Å². The standard InChI is InChI=1S/C26H33N5O2/c1-4-27-25(32)24(22-8-6-5-7-9-22)29-16-14-21(15-17-29)20-10-12-23(13-11-20)30-18-28-31(19(2)3)26(30)33/h5-13,18-19,21,24H,4,14-17H2,1-3H3,(H,27,32). The quantitative estimate of drug-likeness (QED) is 0.600. The molecule has 1 saturated heterocycles. The lowest BCUT2D eigenvalue weighted by Gasteiger charge is -2.37. The molecule has 2 heterocycles. The molecule has 0 spiro atoms. The Morgan fingerprint density at radius 1 is 1.06 bits per heavy atom. The fourth-order valence-electron chi connectivity index (χ4n) is 4.68. The van der Waals surface area contributed by atoms with Gasteiger partial charge in [-0.3, -0.25) is 9.69 Å². The second-order valence-electron chi connectivity index (χ2n) is 8.93. The van der Waals surface area contributed by atoms with Gasteiger partial charge in [-0.1, -0.05) is 42.5 Å². The first kappa shape index (κ1) is 23.0. The SMILES string of the molecule is CCNC(=O)C(c1ccccc1)N1CCC(c2ccc(-n3cnn(C(C)C)c3=O)cc2)CC1. The van der Waals surface area contributed by atoms with Crippen molar-refractivity contribution in [2.45, 2.75) is 51.6 Å². The molecule has 0 radical (unpaired) electrons. The summed E-state index contributed by atoms with van der Waals surface area (Å²) in [7, 11) is 0. The smallest absolute Gasteiger partial charge is 0.350 e. The molecule has 1 aliphatic rings. The van der Waals surface area contributed by atoms with Crippen LogP contribution >= 0.6 is 0 Å². The van der Waals surface area contributed by atoms with Gasteiger partial charge in [0.15, 0.2) is 0 Å². The number of nitrogens with zero attached hydrogens (tertiary/aromatic N) is 4. The van der Waals surface area contributed by atoms with E-state index in [0.29, 0.717) is 12.5 Å². The van der Waals surface area contributed by atoms with Crippen LogP contribution in [0.2, 0.25) is 0 Å². The molecule has 174 valence electrons. The number of rotatable bonds is 7. The van der Waals surface area contributed by atoms with Crippen LogP contribution in [0.15, 0.2) is 65.7 Å². The molecule has 1 amide bonds. The van der Waals surface area contributed by atoms with Crippen molar-refractivity contribution in [3.8, 4) is 5.69 Å². The van der Waals surface area contributed by atoms with E-state index in [1.165, 1.54) is 10.2 Å². The Kier molecular flexibility index (Phi) is 7.08. The highest BCUT2D eigenvalue weighted by Crippen LogP contribution is 2.32. The molecule has 0 saturated carbocycles. The molecule has 1 aliphatic heterocycles. The largest absolute Gasteiger partial charge is 0.355 e. The van der Waals surface area contributed by atoms with Gasteiger partial charge in [-0.05, 0) is 75.9 Å². The highest BCUT2D eigenvalue weighted by molar-refractivity contribution is 5.83. The van der Waals surface area contributed by atoms with Crippen molar-refractivity contribution in [2.24, 2.45) is 0 Å². The van der Waals surface area contributed by atoms with Crippen molar-refractivity contribution in [3.63, 3.8) is 0 Å². The molecule has 1 atom stereocenters. The van der Waals surface area contributed by atoms with Crippen LogP contribution < -0.4 is 11.0 Å². The average molecular weight is 448 g/mol. The summed E-state index contributed by atoms with van der Waals surface area (Å²) in [5.74, 6) is 0.509. The molecule has 4 rings (SSSR count). The molecule has 1 fully saturated rings. The number of nitrogens with one attached hydrogen (secondary N) is 1. The minimum absolute atomic E-state index is 0.0299. The summed E-state index contributed by atoms with van der Waals surface area (Å²) in [5, 5.41) is 7.21. The van der Waals surface area contributed by atoms with Gasteiger partial charge in [-0.2, -0.15) is 5.10 Å². The highest BCUT2D eigenvalue weighted by atomic mass is 16.2. The summed E-state index contributed by atoms with van der Waals surface area (Å²) >= 11 is 0. The zero-order valence-corrected chi connectivity index (χ0v) is 19.6. The van der Waals surface area contributed by atoms with Crippen LogP contribution in [-0.4, -0.2) is 44.8 Å². The van der Waals surface area contributed by atoms with E-state index in [0.717, 1.165) is 37.2 Å². The van der Waals surface area contributed by atoms with Crippen LogP contribution in [0.25, 0.3) is 5.69 Å². The van der Waals surface area contributed by atoms with Gasteiger partial charge in [-0.25, -0.2) is 14.0 Å². The molecule has 7 nitrogen and oxygen atoms in total. The van der Waals surface area contributed by atoms with Crippen molar-refractivity contribution in [3.05, 3.63) is 82.5 Å².